The van der Waals surface area contributed by atoms with E-state index in [2.05, 4.69) is 20.9 Å². The number of benzene rings is 1. The molecule has 0 saturated heterocycles. The van der Waals surface area contributed by atoms with Crippen LogP contribution in [0.2, 0.25) is 0 Å². The quantitative estimate of drug-likeness (QED) is 0.943. The standard InChI is InChI=1S/C14H14BrNO2/c1-18-13-4-2-3-10(7-13)14(17)8-12-6-5-11(15)9-16-12/h2-7,9,14,17H,8H2,1H3. The van der Waals surface area contributed by atoms with E-state index in [-0.39, 0.29) is 0 Å². The summed E-state index contributed by atoms with van der Waals surface area (Å²) in [6, 6.07) is 11.3. The zero-order chi connectivity index (χ0) is 13.0. The normalized spacial score (nSPS) is 12.2. The molecule has 1 N–H and O–H groups in total. The number of aliphatic hydroxyl groups excluding tert-OH is 1. The lowest BCUT2D eigenvalue weighted by Crippen LogP contribution is -2.03. The average Bonchev–Trinajstić information content (AvgIpc) is 2.41. The Bertz CT molecular complexity index is 513. The summed E-state index contributed by atoms with van der Waals surface area (Å²) in [5.41, 5.74) is 1.69. The molecule has 1 aromatic heterocycles. The second-order valence-electron chi connectivity index (χ2n) is 3.96. The molecular formula is C14H14BrNO2. The number of pyridine rings is 1. The molecular weight excluding hydrogens is 294 g/mol. The van der Waals surface area contributed by atoms with Crippen molar-refractivity contribution < 1.29 is 9.84 Å². The molecule has 0 aliphatic rings. The zero-order valence-corrected chi connectivity index (χ0v) is 11.6. The van der Waals surface area contributed by atoms with Crippen LogP contribution in [0, 0.1) is 0 Å². The third-order valence-electron chi connectivity index (χ3n) is 2.67. The summed E-state index contributed by atoms with van der Waals surface area (Å²) in [5.74, 6) is 0.746. The number of methoxy groups -OCH3 is 1. The summed E-state index contributed by atoms with van der Waals surface area (Å²) in [7, 11) is 1.61. The van der Waals surface area contributed by atoms with Gasteiger partial charge in [-0.05, 0) is 45.8 Å². The van der Waals surface area contributed by atoms with Crippen molar-refractivity contribution in [3.8, 4) is 5.75 Å². The van der Waals surface area contributed by atoms with Gasteiger partial charge in [-0.3, -0.25) is 4.98 Å². The molecule has 1 atom stereocenters. The van der Waals surface area contributed by atoms with Gasteiger partial charge in [-0.1, -0.05) is 12.1 Å². The molecule has 3 nitrogen and oxygen atoms in total. The molecule has 0 amide bonds. The van der Waals surface area contributed by atoms with Gasteiger partial charge >= 0.3 is 0 Å². The molecule has 1 unspecified atom stereocenters. The average molecular weight is 308 g/mol. The minimum absolute atomic E-state index is 0.487. The van der Waals surface area contributed by atoms with Gasteiger partial charge in [0.15, 0.2) is 0 Å². The number of halogens is 1. The van der Waals surface area contributed by atoms with E-state index < -0.39 is 6.10 Å². The maximum atomic E-state index is 10.2. The Hall–Kier alpha value is -1.39. The molecule has 94 valence electrons. The first-order valence-corrected chi connectivity index (χ1v) is 6.41. The fraction of sp³-hybridized carbons (Fsp3) is 0.214. The Morgan fingerprint density at radius 2 is 2.17 bits per heavy atom. The predicted molar refractivity (Wildman–Crippen MR) is 73.6 cm³/mol. The molecule has 4 heteroatoms. The molecule has 0 radical (unpaired) electrons. The van der Waals surface area contributed by atoms with Gasteiger partial charge in [-0.25, -0.2) is 0 Å². The van der Waals surface area contributed by atoms with Crippen LogP contribution in [-0.4, -0.2) is 17.2 Å². The van der Waals surface area contributed by atoms with Crippen molar-refractivity contribution >= 4 is 15.9 Å². The summed E-state index contributed by atoms with van der Waals surface area (Å²) in [6.07, 6.45) is 1.64. The Morgan fingerprint density at radius 1 is 1.33 bits per heavy atom. The van der Waals surface area contributed by atoms with Crippen LogP contribution in [0.1, 0.15) is 17.4 Å². The van der Waals surface area contributed by atoms with E-state index in [0.717, 1.165) is 21.5 Å². The molecule has 1 heterocycles. The van der Waals surface area contributed by atoms with Crippen LogP contribution in [0.4, 0.5) is 0 Å². The molecule has 2 rings (SSSR count). The first-order chi connectivity index (χ1) is 8.69. The van der Waals surface area contributed by atoms with Crippen molar-refractivity contribution in [2.45, 2.75) is 12.5 Å². The van der Waals surface area contributed by atoms with Gasteiger partial charge < -0.3 is 9.84 Å². The number of hydrogen-bond acceptors (Lipinski definition) is 3. The van der Waals surface area contributed by atoms with E-state index in [1.165, 1.54) is 0 Å². The van der Waals surface area contributed by atoms with E-state index in [0.29, 0.717) is 6.42 Å². The largest absolute Gasteiger partial charge is 0.497 e. The summed E-state index contributed by atoms with van der Waals surface area (Å²) < 4.78 is 6.07. The number of rotatable bonds is 4. The summed E-state index contributed by atoms with van der Waals surface area (Å²) in [6.45, 7) is 0. The lowest BCUT2D eigenvalue weighted by Gasteiger charge is -2.11. The fourth-order valence-corrected chi connectivity index (χ4v) is 1.93. The molecule has 18 heavy (non-hydrogen) atoms. The van der Waals surface area contributed by atoms with Gasteiger partial charge in [0.05, 0.1) is 13.2 Å². The highest BCUT2D eigenvalue weighted by molar-refractivity contribution is 9.10. The topological polar surface area (TPSA) is 42.4 Å². The third-order valence-corrected chi connectivity index (χ3v) is 3.14. The van der Waals surface area contributed by atoms with Gasteiger partial charge in [0.2, 0.25) is 0 Å². The van der Waals surface area contributed by atoms with Gasteiger partial charge in [-0.15, -0.1) is 0 Å². The van der Waals surface area contributed by atoms with Crippen LogP contribution in [0.25, 0.3) is 0 Å². The van der Waals surface area contributed by atoms with E-state index in [1.54, 1.807) is 13.3 Å². The number of hydrogen-bond donors (Lipinski definition) is 1. The molecule has 0 saturated carbocycles. The summed E-state index contributed by atoms with van der Waals surface area (Å²) in [4.78, 5) is 4.25. The number of nitrogens with zero attached hydrogens (tertiary/aromatic N) is 1. The predicted octanol–water partition coefficient (Wildman–Crippen LogP) is 3.13. The highest BCUT2D eigenvalue weighted by atomic mass is 79.9. The van der Waals surface area contributed by atoms with Gasteiger partial charge in [0.1, 0.15) is 5.75 Å². The van der Waals surface area contributed by atoms with Crippen molar-refractivity contribution in [2.24, 2.45) is 0 Å². The minimum Gasteiger partial charge on any atom is -0.497 e. The van der Waals surface area contributed by atoms with Crippen LogP contribution in [0.15, 0.2) is 47.1 Å². The van der Waals surface area contributed by atoms with Crippen LogP contribution in [0.3, 0.4) is 0 Å². The van der Waals surface area contributed by atoms with Crippen molar-refractivity contribution in [1.82, 2.24) is 4.98 Å². The Labute approximate surface area is 115 Å². The lowest BCUT2D eigenvalue weighted by atomic mass is 10.0. The lowest BCUT2D eigenvalue weighted by molar-refractivity contribution is 0.177. The smallest absolute Gasteiger partial charge is 0.119 e. The Kier molecular flexibility index (Phi) is 4.33. The van der Waals surface area contributed by atoms with Crippen LogP contribution >= 0.6 is 15.9 Å². The zero-order valence-electron chi connectivity index (χ0n) is 10.0. The minimum atomic E-state index is -0.575. The van der Waals surface area contributed by atoms with Crippen molar-refractivity contribution in [1.29, 1.82) is 0 Å². The van der Waals surface area contributed by atoms with Crippen LogP contribution in [0.5, 0.6) is 5.75 Å². The Morgan fingerprint density at radius 3 is 2.83 bits per heavy atom. The molecule has 1 aromatic carbocycles. The maximum absolute atomic E-state index is 10.2. The maximum Gasteiger partial charge on any atom is 0.119 e. The number of ether oxygens (including phenoxy) is 1. The molecule has 0 fully saturated rings. The second-order valence-corrected chi connectivity index (χ2v) is 4.88. The summed E-state index contributed by atoms with van der Waals surface area (Å²) in [5, 5.41) is 10.2. The van der Waals surface area contributed by atoms with Crippen molar-refractivity contribution in [2.75, 3.05) is 7.11 Å². The Balaban J connectivity index is 2.11. The van der Waals surface area contributed by atoms with Crippen LogP contribution in [-0.2, 0) is 6.42 Å². The first kappa shape index (κ1) is 13.1. The number of aliphatic hydroxyl groups is 1. The van der Waals surface area contributed by atoms with E-state index in [9.17, 15) is 5.11 Å². The van der Waals surface area contributed by atoms with E-state index in [4.69, 9.17) is 4.74 Å². The highest BCUT2D eigenvalue weighted by Gasteiger charge is 2.10. The van der Waals surface area contributed by atoms with Crippen molar-refractivity contribution in [3.05, 3.63) is 58.3 Å². The number of aromatic nitrogens is 1. The first-order valence-electron chi connectivity index (χ1n) is 5.61. The highest BCUT2D eigenvalue weighted by Crippen LogP contribution is 2.22. The molecule has 0 bridgehead atoms. The fourth-order valence-electron chi connectivity index (χ4n) is 1.69. The molecule has 0 aliphatic carbocycles. The molecule has 0 spiro atoms. The van der Waals surface area contributed by atoms with Crippen LogP contribution < -0.4 is 4.74 Å². The van der Waals surface area contributed by atoms with E-state index in [1.807, 2.05) is 36.4 Å². The van der Waals surface area contributed by atoms with E-state index >= 15 is 0 Å². The van der Waals surface area contributed by atoms with Gasteiger partial charge in [0, 0.05) is 22.8 Å². The monoisotopic (exact) mass is 307 g/mol. The van der Waals surface area contributed by atoms with Gasteiger partial charge in [-0.2, -0.15) is 0 Å². The summed E-state index contributed by atoms with van der Waals surface area (Å²) >= 11 is 3.33. The SMILES string of the molecule is COc1cccc(C(O)Cc2ccc(Br)cn2)c1. The van der Waals surface area contributed by atoms with Gasteiger partial charge in [0.25, 0.3) is 0 Å². The third kappa shape index (κ3) is 3.31. The van der Waals surface area contributed by atoms with Crippen molar-refractivity contribution in [3.63, 3.8) is 0 Å². The molecule has 2 aromatic rings. The molecule has 0 aliphatic heterocycles. The second kappa shape index (κ2) is 5.98.